The second-order valence-electron chi connectivity index (χ2n) is 6.90. The summed E-state index contributed by atoms with van der Waals surface area (Å²) in [6, 6.07) is 12.3. The molecule has 1 aliphatic rings. The topological polar surface area (TPSA) is 111 Å². The third-order valence-electron chi connectivity index (χ3n) is 4.91. The highest BCUT2D eigenvalue weighted by Gasteiger charge is 2.21. The molecule has 4 rings (SSSR count). The van der Waals surface area contributed by atoms with Crippen molar-refractivity contribution in [2.45, 2.75) is 19.4 Å². The Hall–Kier alpha value is -3.94. The van der Waals surface area contributed by atoms with Crippen molar-refractivity contribution < 1.29 is 19.4 Å². The van der Waals surface area contributed by atoms with Crippen molar-refractivity contribution in [2.24, 2.45) is 0 Å². The van der Waals surface area contributed by atoms with Crippen LogP contribution in [0.5, 0.6) is 5.75 Å². The fraction of sp³-hybridized carbons (Fsp3) is 0.182. The Labute approximate surface area is 171 Å². The first-order valence-corrected chi connectivity index (χ1v) is 9.36. The third kappa shape index (κ3) is 3.67. The van der Waals surface area contributed by atoms with Crippen molar-refractivity contribution in [1.82, 2.24) is 9.55 Å². The van der Waals surface area contributed by atoms with Crippen molar-refractivity contribution in [3.63, 3.8) is 0 Å². The average molecular weight is 405 g/mol. The molecule has 2 aromatic carbocycles. The van der Waals surface area contributed by atoms with E-state index in [1.54, 1.807) is 29.9 Å². The van der Waals surface area contributed by atoms with Crippen LogP contribution in [0.4, 0.5) is 5.69 Å². The molecule has 0 atom stereocenters. The number of aliphatic carboxylic acids is 1. The number of anilines is 1. The summed E-state index contributed by atoms with van der Waals surface area (Å²) in [5.41, 5.74) is 2.49. The normalized spacial score (nSPS) is 14.0. The van der Waals surface area contributed by atoms with E-state index in [9.17, 15) is 14.4 Å². The molecule has 0 saturated carbocycles. The predicted octanol–water partition coefficient (Wildman–Crippen LogP) is 2.76. The molecule has 0 radical (unpaired) electrons. The monoisotopic (exact) mass is 405 g/mol. The molecule has 3 aromatic rings. The van der Waals surface area contributed by atoms with Gasteiger partial charge >= 0.3 is 5.97 Å². The summed E-state index contributed by atoms with van der Waals surface area (Å²) >= 11 is 0. The number of nitrogens with zero attached hydrogens (tertiary/aromatic N) is 2. The van der Waals surface area contributed by atoms with Crippen LogP contribution in [0.3, 0.4) is 0 Å². The number of carboxylic acids is 1. The molecule has 30 heavy (non-hydrogen) atoms. The van der Waals surface area contributed by atoms with Gasteiger partial charge in [0.1, 0.15) is 18.0 Å². The third-order valence-corrected chi connectivity index (χ3v) is 4.91. The van der Waals surface area contributed by atoms with E-state index in [0.29, 0.717) is 35.4 Å². The molecule has 0 bridgehead atoms. The molecule has 1 aliphatic heterocycles. The summed E-state index contributed by atoms with van der Waals surface area (Å²) in [6.45, 7) is 0.537. The fourth-order valence-electron chi connectivity index (χ4n) is 3.55. The van der Waals surface area contributed by atoms with E-state index in [0.717, 1.165) is 16.9 Å². The largest absolute Gasteiger partial charge is 0.496 e. The van der Waals surface area contributed by atoms with Crippen LogP contribution in [0.15, 0.2) is 47.3 Å². The highest BCUT2D eigenvalue weighted by atomic mass is 16.5. The van der Waals surface area contributed by atoms with E-state index in [4.69, 9.17) is 9.84 Å². The summed E-state index contributed by atoms with van der Waals surface area (Å²) < 4.78 is 7.05. The van der Waals surface area contributed by atoms with Gasteiger partial charge in [0.05, 0.1) is 18.0 Å². The Balaban J connectivity index is 1.76. The summed E-state index contributed by atoms with van der Waals surface area (Å²) in [6.07, 6.45) is 2.00. The van der Waals surface area contributed by atoms with Crippen molar-refractivity contribution in [1.29, 1.82) is 0 Å². The molecule has 0 unspecified atom stereocenters. The lowest BCUT2D eigenvalue weighted by Crippen LogP contribution is -2.21. The van der Waals surface area contributed by atoms with Crippen molar-refractivity contribution in [2.75, 3.05) is 12.4 Å². The number of aromatic nitrogens is 2. The Morgan fingerprint density at radius 1 is 1.27 bits per heavy atom. The van der Waals surface area contributed by atoms with E-state index in [-0.39, 0.29) is 5.56 Å². The number of ether oxygens (including phenoxy) is 1. The SMILES string of the molecule is COc1ccccc1/C=C1\CCn2c1nc1cc(NC(=O)CC(=O)O)ccc1c2=O. The summed E-state index contributed by atoms with van der Waals surface area (Å²) in [5.74, 6) is -0.549. The number of hydrogen-bond acceptors (Lipinski definition) is 5. The molecule has 0 spiro atoms. The molecule has 0 aliphatic carbocycles. The molecule has 8 nitrogen and oxygen atoms in total. The number of para-hydroxylation sites is 1. The number of carbonyl (C=O) groups is 2. The quantitative estimate of drug-likeness (QED) is 0.632. The number of carbonyl (C=O) groups excluding carboxylic acids is 1. The van der Waals surface area contributed by atoms with Crippen LogP contribution >= 0.6 is 0 Å². The summed E-state index contributed by atoms with van der Waals surface area (Å²) in [4.78, 5) is 40.0. The van der Waals surface area contributed by atoms with Crippen molar-refractivity contribution >= 4 is 40.1 Å². The summed E-state index contributed by atoms with van der Waals surface area (Å²) in [5, 5.41) is 11.7. The van der Waals surface area contributed by atoms with Gasteiger partial charge in [-0.2, -0.15) is 0 Å². The maximum Gasteiger partial charge on any atom is 0.312 e. The van der Waals surface area contributed by atoms with E-state index in [1.165, 1.54) is 0 Å². The van der Waals surface area contributed by atoms with E-state index in [1.807, 2.05) is 30.3 Å². The number of rotatable bonds is 5. The first-order chi connectivity index (χ1) is 14.5. The highest BCUT2D eigenvalue weighted by molar-refractivity contribution is 6.02. The first kappa shape index (κ1) is 19.4. The zero-order valence-corrected chi connectivity index (χ0v) is 16.2. The Kier molecular flexibility index (Phi) is 5.05. The van der Waals surface area contributed by atoms with Crippen LogP contribution in [0.25, 0.3) is 22.6 Å². The van der Waals surface area contributed by atoms with Gasteiger partial charge in [-0.15, -0.1) is 0 Å². The van der Waals surface area contributed by atoms with Crippen LogP contribution in [0.2, 0.25) is 0 Å². The van der Waals surface area contributed by atoms with E-state index >= 15 is 0 Å². The molecule has 0 saturated heterocycles. The smallest absolute Gasteiger partial charge is 0.312 e. The van der Waals surface area contributed by atoms with Crippen LogP contribution in [-0.4, -0.2) is 33.6 Å². The van der Waals surface area contributed by atoms with Gasteiger partial charge in [-0.1, -0.05) is 18.2 Å². The van der Waals surface area contributed by atoms with Crippen molar-refractivity contribution in [3.05, 3.63) is 64.2 Å². The minimum Gasteiger partial charge on any atom is -0.496 e. The minimum absolute atomic E-state index is 0.151. The molecule has 152 valence electrons. The number of amides is 1. The first-order valence-electron chi connectivity index (χ1n) is 9.36. The number of hydrogen-bond donors (Lipinski definition) is 2. The van der Waals surface area contributed by atoms with Gasteiger partial charge in [0.25, 0.3) is 5.56 Å². The number of carboxylic acid groups (broad SMARTS) is 1. The Morgan fingerprint density at radius 2 is 2.07 bits per heavy atom. The Bertz CT molecular complexity index is 1260. The van der Waals surface area contributed by atoms with Crippen LogP contribution < -0.4 is 15.6 Å². The van der Waals surface area contributed by atoms with Gasteiger partial charge in [0.2, 0.25) is 5.91 Å². The second kappa shape index (κ2) is 7.82. The minimum atomic E-state index is -1.21. The number of fused-ring (bicyclic) bond motifs is 2. The average Bonchev–Trinajstić information content (AvgIpc) is 3.10. The number of benzene rings is 2. The molecular weight excluding hydrogens is 386 g/mol. The molecule has 0 fully saturated rings. The highest BCUT2D eigenvalue weighted by Crippen LogP contribution is 2.30. The van der Waals surface area contributed by atoms with Gasteiger partial charge < -0.3 is 15.2 Å². The molecule has 8 heteroatoms. The molecule has 2 N–H and O–H groups in total. The van der Waals surface area contributed by atoms with E-state index in [2.05, 4.69) is 10.3 Å². The molecule has 1 aromatic heterocycles. The summed E-state index contributed by atoms with van der Waals surface area (Å²) in [7, 11) is 1.61. The zero-order chi connectivity index (χ0) is 21.3. The van der Waals surface area contributed by atoms with Gasteiger partial charge in [0, 0.05) is 17.8 Å². The van der Waals surface area contributed by atoms with E-state index < -0.39 is 18.3 Å². The number of methoxy groups -OCH3 is 1. The second-order valence-corrected chi connectivity index (χ2v) is 6.90. The number of allylic oxidation sites excluding steroid dienone is 1. The van der Waals surface area contributed by atoms with Gasteiger partial charge in [-0.3, -0.25) is 19.0 Å². The van der Waals surface area contributed by atoms with Gasteiger partial charge in [-0.05, 0) is 42.3 Å². The predicted molar refractivity (Wildman–Crippen MR) is 112 cm³/mol. The van der Waals surface area contributed by atoms with Crippen LogP contribution in [0, 0.1) is 0 Å². The van der Waals surface area contributed by atoms with Gasteiger partial charge in [0.15, 0.2) is 0 Å². The van der Waals surface area contributed by atoms with Crippen LogP contribution in [0.1, 0.15) is 24.2 Å². The fourth-order valence-corrected chi connectivity index (χ4v) is 3.55. The number of nitrogens with one attached hydrogen (secondary N) is 1. The van der Waals surface area contributed by atoms with Crippen molar-refractivity contribution in [3.8, 4) is 5.75 Å². The lowest BCUT2D eigenvalue weighted by atomic mass is 10.1. The zero-order valence-electron chi connectivity index (χ0n) is 16.2. The van der Waals surface area contributed by atoms with Crippen LogP contribution in [-0.2, 0) is 16.1 Å². The lowest BCUT2D eigenvalue weighted by Gasteiger charge is -2.09. The molecule has 2 heterocycles. The Morgan fingerprint density at radius 3 is 2.83 bits per heavy atom. The molecular formula is C22H19N3O5. The standard InChI is InChI=1S/C22H19N3O5/c1-30-18-5-3-2-4-13(18)10-14-8-9-25-21(14)24-17-11-15(6-7-16(17)22(25)29)23-19(26)12-20(27)28/h2-7,10-11H,8-9,12H2,1H3,(H,23,26)(H,27,28)/b14-10+. The van der Waals surface area contributed by atoms with Gasteiger partial charge in [-0.25, -0.2) is 4.98 Å². The maximum absolute atomic E-state index is 12.9. The lowest BCUT2D eigenvalue weighted by molar-refractivity contribution is -0.139. The maximum atomic E-state index is 12.9. The molecule has 1 amide bonds.